The van der Waals surface area contributed by atoms with Crippen LogP contribution in [0.15, 0.2) is 71.7 Å². The summed E-state index contributed by atoms with van der Waals surface area (Å²) in [5.74, 6) is -2.47. The Labute approximate surface area is 277 Å². The number of aliphatic carboxylic acids is 1. The van der Waals surface area contributed by atoms with Crippen LogP contribution in [0.2, 0.25) is 0 Å². The zero-order chi connectivity index (χ0) is 35.2. The van der Waals surface area contributed by atoms with Crippen LogP contribution in [0.5, 0.6) is 11.5 Å². The number of carbonyl (C=O) groups is 2. The Bertz CT molecular complexity index is 2000. The minimum absolute atomic E-state index is 0.0731. The largest absolute Gasteiger partial charge is 0.481 e. The number of benzene rings is 3. The lowest BCUT2D eigenvalue weighted by molar-refractivity contribution is -0.139. The van der Waals surface area contributed by atoms with E-state index in [-0.39, 0.29) is 54.1 Å². The number of likely N-dealkylation sites (tertiary alicyclic amines) is 1. The first-order chi connectivity index (χ1) is 23.2. The Hall–Kier alpha value is -5.04. The Morgan fingerprint density at radius 3 is 2.45 bits per heavy atom. The molecule has 1 saturated heterocycles. The van der Waals surface area contributed by atoms with Crippen LogP contribution in [0.3, 0.4) is 0 Å². The molecule has 1 aromatic heterocycles. The van der Waals surface area contributed by atoms with Crippen LogP contribution in [-0.2, 0) is 22.2 Å². The number of carbonyl (C=O) groups excluding carboxylic acids is 1. The van der Waals surface area contributed by atoms with Gasteiger partial charge in [-0.05, 0) is 78.4 Å². The van der Waals surface area contributed by atoms with Crippen molar-refractivity contribution in [2.24, 2.45) is 0 Å². The summed E-state index contributed by atoms with van der Waals surface area (Å²) in [5, 5.41) is 12.4. The lowest BCUT2D eigenvalue weighted by atomic mass is 9.92. The molecular weight excluding hydrogens is 649 g/mol. The van der Waals surface area contributed by atoms with E-state index in [0.29, 0.717) is 22.9 Å². The molecule has 2 aliphatic heterocycles. The average molecular weight is 682 g/mol. The van der Waals surface area contributed by atoms with Crippen LogP contribution in [0.25, 0.3) is 11.1 Å². The van der Waals surface area contributed by atoms with Crippen LogP contribution in [0, 0.1) is 19.7 Å². The molecule has 1 fully saturated rings. The predicted molar refractivity (Wildman–Crippen MR) is 170 cm³/mol. The molecule has 49 heavy (non-hydrogen) atoms. The third kappa shape index (κ3) is 6.93. The second kappa shape index (κ2) is 13.1. The molecule has 0 saturated carbocycles. The number of hydrogen-bond donors (Lipinski definition) is 2. The van der Waals surface area contributed by atoms with Gasteiger partial charge in [0.05, 0.1) is 18.0 Å². The van der Waals surface area contributed by atoms with Gasteiger partial charge in [0, 0.05) is 43.0 Å². The van der Waals surface area contributed by atoms with E-state index in [2.05, 4.69) is 5.32 Å². The molecule has 1 amide bonds. The topological polar surface area (TPSA) is 101 Å². The SMILES string of the molecule is Cc1cc2cc(c1F)C(CC(=O)O)NC(=O)C(n1cc(CCN3CC(F)C3)c(C(F)(F)F)cc1=O)c1cccc(c1)Oc1cccc(C)c1-2. The summed E-state index contributed by atoms with van der Waals surface area (Å²) >= 11 is 0. The molecule has 2 aliphatic rings. The number of amides is 1. The number of carboxylic acids is 1. The Kier molecular flexibility index (Phi) is 9.05. The molecular formula is C36H32F5N3O5. The Morgan fingerprint density at radius 1 is 1.02 bits per heavy atom. The van der Waals surface area contributed by atoms with Gasteiger partial charge in [0.1, 0.15) is 29.5 Å². The van der Waals surface area contributed by atoms with Crippen molar-refractivity contribution in [1.82, 2.24) is 14.8 Å². The molecule has 0 spiro atoms. The third-order valence-corrected chi connectivity index (χ3v) is 8.88. The van der Waals surface area contributed by atoms with Gasteiger partial charge < -0.3 is 15.2 Å². The predicted octanol–water partition coefficient (Wildman–Crippen LogP) is 6.51. The van der Waals surface area contributed by atoms with Crippen molar-refractivity contribution in [3.63, 3.8) is 0 Å². The second-order valence-corrected chi connectivity index (χ2v) is 12.4. The Morgan fingerprint density at radius 2 is 1.76 bits per heavy atom. The van der Waals surface area contributed by atoms with E-state index in [1.54, 1.807) is 35.2 Å². The van der Waals surface area contributed by atoms with Gasteiger partial charge in [-0.2, -0.15) is 13.2 Å². The van der Waals surface area contributed by atoms with Gasteiger partial charge in [0.2, 0.25) is 5.91 Å². The van der Waals surface area contributed by atoms with Gasteiger partial charge >= 0.3 is 12.1 Å². The second-order valence-electron chi connectivity index (χ2n) is 12.4. The number of nitrogens with zero attached hydrogens (tertiary/aromatic N) is 2. The fourth-order valence-corrected chi connectivity index (χ4v) is 6.49. The zero-order valence-electron chi connectivity index (χ0n) is 26.5. The van der Waals surface area contributed by atoms with Crippen LogP contribution in [0.1, 0.15) is 51.9 Å². The molecule has 2 atom stereocenters. The number of pyridine rings is 1. The summed E-state index contributed by atoms with van der Waals surface area (Å²) in [6, 6.07) is 11.8. The smallest absolute Gasteiger partial charge is 0.416 e. The fourth-order valence-electron chi connectivity index (χ4n) is 6.49. The highest BCUT2D eigenvalue weighted by Gasteiger charge is 2.37. The van der Waals surface area contributed by atoms with Crippen molar-refractivity contribution in [3.05, 3.63) is 116 Å². The molecule has 2 unspecified atom stereocenters. The number of carboxylic acid groups (broad SMARTS) is 1. The maximum Gasteiger partial charge on any atom is 0.416 e. The average Bonchev–Trinajstić information content (AvgIpc) is 3.00. The van der Waals surface area contributed by atoms with Crippen molar-refractivity contribution in [3.8, 4) is 22.6 Å². The number of nitrogens with one attached hydrogen (secondary N) is 1. The molecule has 3 heterocycles. The third-order valence-electron chi connectivity index (χ3n) is 8.88. The summed E-state index contributed by atoms with van der Waals surface area (Å²) in [6.45, 7) is 3.56. The van der Waals surface area contributed by atoms with Crippen molar-refractivity contribution in [2.45, 2.75) is 51.1 Å². The molecule has 0 aliphatic carbocycles. The molecule has 13 heteroatoms. The Balaban J connectivity index is 1.55. The first-order valence-corrected chi connectivity index (χ1v) is 15.6. The highest BCUT2D eigenvalue weighted by atomic mass is 19.4. The number of aryl methyl sites for hydroxylation is 2. The van der Waals surface area contributed by atoms with E-state index in [9.17, 15) is 37.1 Å². The maximum absolute atomic E-state index is 15.8. The molecule has 4 bridgehead atoms. The summed E-state index contributed by atoms with van der Waals surface area (Å²) in [4.78, 5) is 41.5. The number of hydrogen-bond acceptors (Lipinski definition) is 5. The zero-order valence-corrected chi connectivity index (χ0v) is 26.5. The number of halogens is 5. The van der Waals surface area contributed by atoms with Crippen molar-refractivity contribution >= 4 is 11.9 Å². The molecule has 0 radical (unpaired) electrons. The van der Waals surface area contributed by atoms with Gasteiger partial charge in [-0.1, -0.05) is 24.3 Å². The van der Waals surface area contributed by atoms with Crippen molar-refractivity contribution in [2.75, 3.05) is 19.6 Å². The van der Waals surface area contributed by atoms with E-state index < -0.39 is 59.7 Å². The first kappa shape index (κ1) is 33.8. The van der Waals surface area contributed by atoms with Gasteiger partial charge in [-0.3, -0.25) is 23.9 Å². The number of rotatable bonds is 6. The van der Waals surface area contributed by atoms with Gasteiger partial charge in [-0.25, -0.2) is 8.78 Å². The van der Waals surface area contributed by atoms with Gasteiger partial charge in [0.15, 0.2) is 0 Å². The van der Waals surface area contributed by atoms with E-state index >= 15 is 4.39 Å². The quantitative estimate of drug-likeness (QED) is 0.225. The molecule has 8 nitrogen and oxygen atoms in total. The summed E-state index contributed by atoms with van der Waals surface area (Å²) < 4.78 is 78.9. The lowest BCUT2D eigenvalue weighted by Gasteiger charge is -2.34. The van der Waals surface area contributed by atoms with E-state index in [0.717, 1.165) is 16.3 Å². The maximum atomic E-state index is 15.8. The minimum atomic E-state index is -4.90. The first-order valence-electron chi connectivity index (χ1n) is 15.6. The normalized spacial score (nSPS) is 18.2. The van der Waals surface area contributed by atoms with Crippen LogP contribution < -0.4 is 15.6 Å². The minimum Gasteiger partial charge on any atom is -0.481 e. The fraction of sp³-hybridized carbons (Fsp3) is 0.306. The summed E-state index contributed by atoms with van der Waals surface area (Å²) in [5.41, 5.74) is -0.593. The van der Waals surface area contributed by atoms with Crippen molar-refractivity contribution in [1.29, 1.82) is 0 Å². The number of aromatic nitrogens is 1. The van der Waals surface area contributed by atoms with E-state index in [1.165, 1.54) is 25.1 Å². The van der Waals surface area contributed by atoms with Gasteiger partial charge in [0.25, 0.3) is 5.56 Å². The van der Waals surface area contributed by atoms with Crippen molar-refractivity contribution < 1.29 is 41.4 Å². The monoisotopic (exact) mass is 681 g/mol. The molecule has 4 aromatic rings. The lowest BCUT2D eigenvalue weighted by Crippen LogP contribution is -2.49. The standard InChI is InChI=1S/C36H32F5N3O5/c1-19-5-3-8-29-32(19)23-11-20(2)33(38)26(13-23)28(15-31(46)47)42-35(48)34(21-6-4-7-25(12-21)49-29)44-16-22(9-10-43-17-24(37)18-43)27(14-30(44)45)36(39,40)41/h3-8,11-14,16,24,28,34H,9-10,15,17-18H2,1-2H3,(H,42,48)(H,46,47). The number of fused-ring (bicyclic) bond motifs is 6. The molecule has 3 aromatic carbocycles. The summed E-state index contributed by atoms with van der Waals surface area (Å²) in [6.07, 6.45) is -5.95. The highest BCUT2D eigenvalue weighted by Crippen LogP contribution is 2.40. The number of alkyl halides is 4. The van der Waals surface area contributed by atoms with E-state index in [4.69, 9.17) is 4.74 Å². The molecule has 6 rings (SSSR count). The summed E-state index contributed by atoms with van der Waals surface area (Å²) in [7, 11) is 0. The number of ether oxygens (including phenoxy) is 1. The molecule has 256 valence electrons. The van der Waals surface area contributed by atoms with E-state index in [1.807, 2.05) is 13.0 Å². The highest BCUT2D eigenvalue weighted by molar-refractivity contribution is 5.85. The van der Waals surface area contributed by atoms with Crippen LogP contribution in [0.4, 0.5) is 22.0 Å². The molecule has 2 N–H and O–H groups in total. The van der Waals surface area contributed by atoms with Crippen LogP contribution >= 0.6 is 0 Å². The van der Waals surface area contributed by atoms with Gasteiger partial charge in [-0.15, -0.1) is 0 Å². The van der Waals surface area contributed by atoms with Crippen LogP contribution in [-0.4, -0.2) is 52.3 Å².